The van der Waals surface area contributed by atoms with Crippen molar-refractivity contribution in [1.29, 1.82) is 0 Å². The van der Waals surface area contributed by atoms with Crippen molar-refractivity contribution in [2.45, 2.75) is 66.2 Å². The molecule has 0 N–H and O–H groups in total. The van der Waals surface area contributed by atoms with E-state index in [9.17, 15) is 9.59 Å². The van der Waals surface area contributed by atoms with Crippen molar-refractivity contribution in [3.63, 3.8) is 0 Å². The molecule has 2 saturated carbocycles. The number of carbonyl (C=O) groups is 2. The van der Waals surface area contributed by atoms with E-state index in [2.05, 4.69) is 79.3 Å². The first-order valence-electron chi connectivity index (χ1n) is 15.1. The van der Waals surface area contributed by atoms with Crippen LogP contribution in [0.25, 0.3) is 0 Å². The largest absolute Gasteiger partial charge is 0.458 e. The summed E-state index contributed by atoms with van der Waals surface area (Å²) in [6, 6.07) is 6.38. The SMILES string of the molecule is C=C[C@]1(C)CC[C@@H](C(=C)COC(=O)c2ccc(C(=O)OCC(=C)[C@@H]3CC[C@@](C)(C=C)[C@H](C(=C)C)C3)cc2)C[C@H]1C(=C)C. The third-order valence-corrected chi connectivity index (χ3v) is 10.1. The normalized spacial score (nSPS) is 29.0. The zero-order valence-electron chi connectivity index (χ0n) is 26.3. The quantitative estimate of drug-likeness (QED) is 0.185. The molecular formula is C38H50O4. The average molecular weight is 571 g/mol. The number of ether oxygens (including phenoxy) is 2. The molecule has 3 rings (SSSR count). The van der Waals surface area contributed by atoms with Crippen LogP contribution in [0.5, 0.6) is 0 Å². The van der Waals surface area contributed by atoms with E-state index in [1.807, 2.05) is 0 Å². The molecule has 42 heavy (non-hydrogen) atoms. The van der Waals surface area contributed by atoms with Crippen LogP contribution in [0.2, 0.25) is 0 Å². The van der Waals surface area contributed by atoms with E-state index in [4.69, 9.17) is 9.47 Å². The van der Waals surface area contributed by atoms with Gasteiger partial charge in [0.2, 0.25) is 0 Å². The lowest BCUT2D eigenvalue weighted by Crippen LogP contribution is -2.34. The van der Waals surface area contributed by atoms with Gasteiger partial charge in [0.1, 0.15) is 13.2 Å². The zero-order chi connectivity index (χ0) is 31.2. The fourth-order valence-electron chi connectivity index (χ4n) is 6.88. The maximum absolute atomic E-state index is 12.7. The highest BCUT2D eigenvalue weighted by Gasteiger charge is 2.40. The molecule has 4 nitrogen and oxygen atoms in total. The van der Waals surface area contributed by atoms with E-state index < -0.39 is 11.9 Å². The van der Waals surface area contributed by atoms with Crippen LogP contribution in [-0.4, -0.2) is 25.2 Å². The van der Waals surface area contributed by atoms with Crippen LogP contribution in [0.4, 0.5) is 0 Å². The standard InChI is InChI=1S/C38H50O4/c1-11-37(9)19-17-31(21-33(37)25(3)4)27(7)23-41-35(39)29-13-15-30(16-14-29)36(40)42-24-28(8)32-18-20-38(10,12-2)34(22-32)26(5)6/h11-16,31-34H,1-3,5,7-8,17-24H2,4,6,9-10H3/t31-,32-,33+,34+,37-,38-/m1/s1. The lowest BCUT2D eigenvalue weighted by Gasteiger charge is -2.43. The summed E-state index contributed by atoms with van der Waals surface area (Å²) >= 11 is 0. The van der Waals surface area contributed by atoms with Gasteiger partial charge in [-0.3, -0.25) is 0 Å². The predicted octanol–water partition coefficient (Wildman–Crippen LogP) is 9.48. The second-order valence-electron chi connectivity index (χ2n) is 13.2. The number of rotatable bonds is 12. The van der Waals surface area contributed by atoms with Gasteiger partial charge in [0.15, 0.2) is 0 Å². The summed E-state index contributed by atoms with van der Waals surface area (Å²) in [6.07, 6.45) is 9.93. The van der Waals surface area contributed by atoms with Crippen LogP contribution in [0.15, 0.2) is 98.2 Å². The fraction of sp³-hybridized carbons (Fsp3) is 0.474. The van der Waals surface area contributed by atoms with E-state index in [-0.39, 0.29) is 35.9 Å². The Morgan fingerprint density at radius 3 is 1.36 bits per heavy atom. The highest BCUT2D eigenvalue weighted by Crippen LogP contribution is 2.49. The van der Waals surface area contributed by atoms with Gasteiger partial charge in [-0.1, -0.05) is 63.5 Å². The number of allylic oxidation sites excluding steroid dienone is 4. The van der Waals surface area contributed by atoms with Gasteiger partial charge >= 0.3 is 11.9 Å². The second-order valence-corrected chi connectivity index (χ2v) is 13.2. The average Bonchev–Trinajstić information content (AvgIpc) is 2.98. The first-order valence-corrected chi connectivity index (χ1v) is 15.1. The van der Waals surface area contributed by atoms with Crippen LogP contribution < -0.4 is 0 Å². The van der Waals surface area contributed by atoms with Gasteiger partial charge in [-0.15, -0.1) is 13.2 Å². The minimum absolute atomic E-state index is 0.0343. The summed E-state index contributed by atoms with van der Waals surface area (Å²) < 4.78 is 11.2. The van der Waals surface area contributed by atoms with Gasteiger partial charge in [-0.2, -0.15) is 0 Å². The van der Waals surface area contributed by atoms with Crippen molar-refractivity contribution < 1.29 is 19.1 Å². The van der Waals surface area contributed by atoms with E-state index >= 15 is 0 Å². The summed E-state index contributed by atoms with van der Waals surface area (Å²) in [4.78, 5) is 25.5. The molecule has 0 amide bonds. The van der Waals surface area contributed by atoms with Gasteiger partial charge in [-0.25, -0.2) is 9.59 Å². The molecule has 0 radical (unpaired) electrons. The highest BCUT2D eigenvalue weighted by molar-refractivity contribution is 5.93. The monoisotopic (exact) mass is 570 g/mol. The van der Waals surface area contributed by atoms with Crippen LogP contribution in [0.3, 0.4) is 0 Å². The molecule has 1 aromatic rings. The maximum Gasteiger partial charge on any atom is 0.338 e. The third kappa shape index (κ3) is 7.51. The van der Waals surface area contributed by atoms with E-state index in [0.29, 0.717) is 23.0 Å². The van der Waals surface area contributed by atoms with Crippen LogP contribution in [0, 0.1) is 34.5 Å². The van der Waals surface area contributed by atoms with Gasteiger partial charge in [0.05, 0.1) is 11.1 Å². The molecule has 2 aliphatic rings. The van der Waals surface area contributed by atoms with Gasteiger partial charge in [0, 0.05) is 0 Å². The van der Waals surface area contributed by atoms with Crippen molar-refractivity contribution in [2.75, 3.05) is 13.2 Å². The Morgan fingerprint density at radius 1 is 0.738 bits per heavy atom. The van der Waals surface area contributed by atoms with E-state index in [1.165, 1.54) is 0 Å². The second kappa shape index (κ2) is 13.7. The lowest BCUT2D eigenvalue weighted by molar-refractivity contribution is 0.0507. The number of benzene rings is 1. The van der Waals surface area contributed by atoms with Gasteiger partial charge in [0.25, 0.3) is 0 Å². The molecule has 0 aliphatic heterocycles. The molecule has 0 heterocycles. The molecule has 2 fully saturated rings. The lowest BCUT2D eigenvalue weighted by atomic mass is 9.61. The van der Waals surface area contributed by atoms with Crippen LogP contribution >= 0.6 is 0 Å². The Balaban J connectivity index is 1.49. The molecule has 6 atom stereocenters. The van der Waals surface area contributed by atoms with Crippen molar-refractivity contribution in [3.05, 3.63) is 109 Å². The molecule has 0 bridgehead atoms. The van der Waals surface area contributed by atoms with Gasteiger partial charge < -0.3 is 9.47 Å². The van der Waals surface area contributed by atoms with Crippen molar-refractivity contribution >= 4 is 11.9 Å². The van der Waals surface area contributed by atoms with Gasteiger partial charge in [-0.05, 0) is 122 Å². The molecule has 0 saturated heterocycles. The first-order chi connectivity index (χ1) is 19.7. The summed E-state index contributed by atoms with van der Waals surface area (Å²) in [5, 5.41) is 0. The van der Waals surface area contributed by atoms with Crippen molar-refractivity contribution in [3.8, 4) is 0 Å². The molecule has 226 valence electrons. The van der Waals surface area contributed by atoms with Crippen LogP contribution in [0.1, 0.15) is 86.9 Å². The maximum atomic E-state index is 12.7. The Morgan fingerprint density at radius 2 is 1.07 bits per heavy atom. The molecule has 4 heteroatoms. The number of carbonyl (C=O) groups excluding carboxylic acids is 2. The Bertz CT molecular complexity index is 1150. The minimum Gasteiger partial charge on any atom is -0.458 e. The van der Waals surface area contributed by atoms with Crippen molar-refractivity contribution in [2.24, 2.45) is 34.5 Å². The Labute approximate surface area is 254 Å². The van der Waals surface area contributed by atoms with Crippen LogP contribution in [-0.2, 0) is 9.47 Å². The zero-order valence-corrected chi connectivity index (χ0v) is 26.3. The topological polar surface area (TPSA) is 52.6 Å². The fourth-order valence-corrected chi connectivity index (χ4v) is 6.88. The Kier molecular flexibility index (Phi) is 10.8. The summed E-state index contributed by atoms with van der Waals surface area (Å²) in [5.41, 5.74) is 4.96. The summed E-state index contributed by atoms with van der Waals surface area (Å²) in [6.45, 7) is 33.9. The molecular weight excluding hydrogens is 520 g/mol. The summed E-state index contributed by atoms with van der Waals surface area (Å²) in [5.74, 6) is 0.314. The predicted molar refractivity (Wildman–Crippen MR) is 173 cm³/mol. The molecule has 0 spiro atoms. The molecule has 0 unspecified atom stereocenters. The molecule has 0 aromatic heterocycles. The number of esters is 2. The van der Waals surface area contributed by atoms with E-state index in [1.54, 1.807) is 24.3 Å². The number of hydrogen-bond donors (Lipinski definition) is 0. The summed E-state index contributed by atoms with van der Waals surface area (Å²) in [7, 11) is 0. The number of hydrogen-bond acceptors (Lipinski definition) is 4. The molecule has 2 aliphatic carbocycles. The van der Waals surface area contributed by atoms with E-state index in [0.717, 1.165) is 60.8 Å². The molecule has 1 aromatic carbocycles. The Hall–Kier alpha value is -3.40. The first kappa shape index (κ1) is 33.1. The third-order valence-electron chi connectivity index (χ3n) is 10.1. The van der Waals surface area contributed by atoms with Crippen molar-refractivity contribution in [1.82, 2.24) is 0 Å². The smallest absolute Gasteiger partial charge is 0.338 e. The minimum atomic E-state index is -0.441. The highest BCUT2D eigenvalue weighted by atomic mass is 16.5.